The van der Waals surface area contributed by atoms with Crippen LogP contribution in [0.2, 0.25) is 0 Å². The molecule has 4 nitrogen and oxygen atoms in total. The minimum atomic E-state index is -0.494. The number of nitriles is 1. The van der Waals surface area contributed by atoms with E-state index in [1.54, 1.807) is 11.8 Å². The molecule has 1 aromatic rings. The Labute approximate surface area is 194 Å². The van der Waals surface area contributed by atoms with Gasteiger partial charge in [0.15, 0.2) is 0 Å². The number of hydrogen-bond acceptors (Lipinski definition) is 3. The first-order valence-electron chi connectivity index (χ1n) is 13.0. The number of rotatable bonds is 3. The summed E-state index contributed by atoms with van der Waals surface area (Å²) in [6.07, 6.45) is 16.9. The Morgan fingerprint density at radius 1 is 1.16 bits per heavy atom. The molecule has 8 atom stereocenters. The van der Waals surface area contributed by atoms with Gasteiger partial charge in [-0.05, 0) is 105 Å². The molecule has 1 aromatic heterocycles. The van der Waals surface area contributed by atoms with E-state index in [4.69, 9.17) is 5.26 Å². The lowest BCUT2D eigenvalue weighted by Crippen LogP contribution is -2.49. The zero-order chi connectivity index (χ0) is 22.7. The van der Waals surface area contributed by atoms with Crippen molar-refractivity contribution in [2.24, 2.45) is 40.4 Å². The number of nitrogens with zero attached hydrogens (tertiary/aromatic N) is 3. The van der Waals surface area contributed by atoms with Gasteiger partial charge in [0.25, 0.3) is 0 Å². The van der Waals surface area contributed by atoms with Crippen LogP contribution < -0.4 is 0 Å². The summed E-state index contributed by atoms with van der Waals surface area (Å²) in [4.78, 5) is 0. The summed E-state index contributed by atoms with van der Waals surface area (Å²) in [5, 5.41) is 24.3. The first-order valence-corrected chi connectivity index (χ1v) is 13.0. The van der Waals surface area contributed by atoms with Crippen molar-refractivity contribution in [3.63, 3.8) is 0 Å². The molecule has 3 fully saturated rings. The van der Waals surface area contributed by atoms with Crippen molar-refractivity contribution in [2.75, 3.05) is 0 Å². The van der Waals surface area contributed by atoms with Gasteiger partial charge in [0.1, 0.15) is 6.07 Å². The quantitative estimate of drug-likeness (QED) is 0.583. The summed E-state index contributed by atoms with van der Waals surface area (Å²) < 4.78 is 1.99. The number of fused-ring (bicyclic) bond motifs is 5. The molecule has 4 aliphatic carbocycles. The van der Waals surface area contributed by atoms with Crippen molar-refractivity contribution in [1.29, 1.82) is 5.26 Å². The smallest absolute Gasteiger partial charge is 0.102 e. The lowest BCUT2D eigenvalue weighted by Gasteiger charge is -2.57. The highest BCUT2D eigenvalue weighted by atomic mass is 16.3. The molecule has 5 rings (SSSR count). The van der Waals surface area contributed by atoms with Crippen molar-refractivity contribution < 1.29 is 5.11 Å². The summed E-state index contributed by atoms with van der Waals surface area (Å²) >= 11 is 0. The highest BCUT2D eigenvalue weighted by Gasteiger charge is 2.59. The van der Waals surface area contributed by atoms with E-state index in [2.05, 4.69) is 38.0 Å². The first kappa shape index (κ1) is 22.2. The van der Waals surface area contributed by atoms with Crippen molar-refractivity contribution >= 4 is 0 Å². The lowest BCUT2D eigenvalue weighted by molar-refractivity contribution is -0.0495. The molecule has 0 bridgehead atoms. The van der Waals surface area contributed by atoms with Gasteiger partial charge in [0.05, 0.1) is 17.4 Å². The lowest BCUT2D eigenvalue weighted by atomic mass is 9.48. The molecular formula is C28H41N3O. The minimum Gasteiger partial charge on any atom is -0.390 e. The molecule has 0 amide bonds. The predicted molar refractivity (Wildman–Crippen MR) is 127 cm³/mol. The molecule has 1 heterocycles. The molecule has 174 valence electrons. The standard InChI is InChI=1S/C28H41N3O/c1-19(17-31-18-20(15-29)16-30-31)23-7-8-24-22-6-5-21-9-11-26(2,32)13-14-27(21,3)25(22)10-12-28(23,24)4/h5,16,18-19,22-25,32H,6-14,17H2,1-4H3/t19-,22+,23-,24?,25?,26+,27+,28-/m1/s1. The fourth-order valence-electron chi connectivity index (χ4n) is 8.87. The Bertz CT molecular complexity index is 939. The maximum atomic E-state index is 10.8. The van der Waals surface area contributed by atoms with Gasteiger partial charge in [-0.2, -0.15) is 10.4 Å². The first-order chi connectivity index (χ1) is 15.2. The Kier molecular flexibility index (Phi) is 5.36. The summed E-state index contributed by atoms with van der Waals surface area (Å²) in [6, 6.07) is 2.21. The molecule has 4 aliphatic rings. The molecule has 1 N–H and O–H groups in total. The van der Waals surface area contributed by atoms with Crippen molar-refractivity contribution in [3.05, 3.63) is 29.6 Å². The highest BCUT2D eigenvalue weighted by Crippen LogP contribution is 2.67. The maximum absolute atomic E-state index is 10.8. The van der Waals surface area contributed by atoms with Crippen LogP contribution in [0.1, 0.15) is 91.0 Å². The number of hydrogen-bond donors (Lipinski definition) is 1. The third kappa shape index (κ3) is 3.47. The van der Waals surface area contributed by atoms with Crippen LogP contribution in [0.4, 0.5) is 0 Å². The number of aromatic nitrogens is 2. The Hall–Kier alpha value is -1.60. The number of aliphatic hydroxyl groups is 1. The highest BCUT2D eigenvalue weighted by molar-refractivity contribution is 5.25. The zero-order valence-corrected chi connectivity index (χ0v) is 20.5. The number of allylic oxidation sites excluding steroid dienone is 2. The zero-order valence-electron chi connectivity index (χ0n) is 20.5. The second kappa shape index (κ2) is 7.73. The van der Waals surface area contributed by atoms with E-state index in [-0.39, 0.29) is 5.41 Å². The molecule has 0 radical (unpaired) electrons. The van der Waals surface area contributed by atoms with Gasteiger partial charge in [0.2, 0.25) is 0 Å². The van der Waals surface area contributed by atoms with Crippen molar-refractivity contribution in [3.8, 4) is 6.07 Å². The van der Waals surface area contributed by atoms with Gasteiger partial charge in [-0.3, -0.25) is 4.68 Å². The second-order valence-electron chi connectivity index (χ2n) is 12.5. The van der Waals surface area contributed by atoms with Crippen molar-refractivity contribution in [1.82, 2.24) is 9.78 Å². The van der Waals surface area contributed by atoms with Crippen LogP contribution in [0.3, 0.4) is 0 Å². The minimum absolute atomic E-state index is 0.289. The predicted octanol–water partition coefficient (Wildman–Crippen LogP) is 6.11. The van der Waals surface area contributed by atoms with Crippen LogP contribution in [-0.2, 0) is 6.54 Å². The van der Waals surface area contributed by atoms with E-state index < -0.39 is 5.60 Å². The fourth-order valence-corrected chi connectivity index (χ4v) is 8.87. The van der Waals surface area contributed by atoms with Gasteiger partial charge < -0.3 is 5.11 Å². The molecule has 2 unspecified atom stereocenters. The topological polar surface area (TPSA) is 61.8 Å². The summed E-state index contributed by atoms with van der Waals surface area (Å²) in [6.45, 7) is 10.5. The van der Waals surface area contributed by atoms with Crippen LogP contribution >= 0.6 is 0 Å². The van der Waals surface area contributed by atoms with E-state index in [0.29, 0.717) is 16.9 Å². The van der Waals surface area contributed by atoms with Crippen molar-refractivity contribution in [2.45, 2.75) is 97.6 Å². The molecule has 0 aliphatic heterocycles. The normalized spacial score (nSPS) is 44.4. The van der Waals surface area contributed by atoms with E-state index in [9.17, 15) is 5.11 Å². The van der Waals surface area contributed by atoms with Crippen LogP contribution in [0.25, 0.3) is 0 Å². The Balaban J connectivity index is 1.36. The molecule has 0 spiro atoms. The van der Waals surface area contributed by atoms with Gasteiger partial charge in [-0.25, -0.2) is 0 Å². The molecule has 0 saturated heterocycles. The second-order valence-corrected chi connectivity index (χ2v) is 12.5. The molecule has 32 heavy (non-hydrogen) atoms. The summed E-state index contributed by atoms with van der Waals surface area (Å²) in [5.41, 5.74) is 2.54. The summed E-state index contributed by atoms with van der Waals surface area (Å²) in [5.74, 6) is 3.72. The maximum Gasteiger partial charge on any atom is 0.102 e. The van der Waals surface area contributed by atoms with Crippen LogP contribution in [0.15, 0.2) is 24.0 Å². The average Bonchev–Trinajstić information content (AvgIpc) is 3.32. The average molecular weight is 436 g/mol. The van der Waals surface area contributed by atoms with E-state index in [1.165, 1.54) is 32.1 Å². The van der Waals surface area contributed by atoms with Crippen LogP contribution in [-0.4, -0.2) is 20.5 Å². The Morgan fingerprint density at radius 3 is 2.72 bits per heavy atom. The Morgan fingerprint density at radius 2 is 1.97 bits per heavy atom. The fraction of sp³-hybridized carbons (Fsp3) is 0.786. The molecule has 3 saturated carbocycles. The van der Waals surface area contributed by atoms with E-state index >= 15 is 0 Å². The van der Waals surface area contributed by atoms with E-state index in [1.807, 2.05) is 17.8 Å². The molecule has 0 aromatic carbocycles. The van der Waals surface area contributed by atoms with Crippen LogP contribution in [0, 0.1) is 51.8 Å². The molecule has 4 heteroatoms. The largest absolute Gasteiger partial charge is 0.390 e. The van der Waals surface area contributed by atoms with Gasteiger partial charge in [0, 0.05) is 12.7 Å². The third-order valence-corrected chi connectivity index (χ3v) is 10.7. The third-order valence-electron chi connectivity index (χ3n) is 10.7. The monoisotopic (exact) mass is 435 g/mol. The SMILES string of the molecule is C[C@H](Cn1cc(C#N)cn1)[C@H]1CCC2[C@@H]3CC=C4CC[C@](C)(O)CC[C@]4(C)C3CC[C@@]21C. The van der Waals surface area contributed by atoms with Gasteiger partial charge in [-0.15, -0.1) is 0 Å². The summed E-state index contributed by atoms with van der Waals surface area (Å²) in [7, 11) is 0. The van der Waals surface area contributed by atoms with Crippen LogP contribution in [0.5, 0.6) is 0 Å². The van der Waals surface area contributed by atoms with E-state index in [0.717, 1.165) is 55.9 Å². The van der Waals surface area contributed by atoms with Gasteiger partial charge in [-0.1, -0.05) is 32.4 Å². The van der Waals surface area contributed by atoms with Gasteiger partial charge >= 0.3 is 0 Å². The molecular weight excluding hydrogens is 394 g/mol.